The van der Waals surface area contributed by atoms with E-state index in [0.29, 0.717) is 42.5 Å². The van der Waals surface area contributed by atoms with Gasteiger partial charge in [-0.1, -0.05) is 17.7 Å². The van der Waals surface area contributed by atoms with Gasteiger partial charge in [-0.05, 0) is 49.4 Å². The molecule has 1 fully saturated rings. The molecule has 9 heteroatoms. The van der Waals surface area contributed by atoms with Crippen molar-refractivity contribution in [3.05, 3.63) is 64.7 Å². The van der Waals surface area contributed by atoms with Gasteiger partial charge in [0.05, 0.1) is 5.56 Å². The van der Waals surface area contributed by atoms with Crippen LogP contribution in [0, 0.1) is 0 Å². The number of hydrogen-bond donors (Lipinski definition) is 1. The fourth-order valence-electron chi connectivity index (χ4n) is 3.28. The quantitative estimate of drug-likeness (QED) is 0.787. The lowest BCUT2D eigenvalue weighted by molar-refractivity contribution is -0.137. The highest BCUT2D eigenvalue weighted by molar-refractivity contribution is 6.30. The van der Waals surface area contributed by atoms with E-state index in [4.69, 9.17) is 11.6 Å². The van der Waals surface area contributed by atoms with Gasteiger partial charge >= 0.3 is 6.18 Å². The molecule has 160 valence electrons. The molecule has 0 bridgehead atoms. The number of nitrogens with zero attached hydrogens (tertiary/aromatic N) is 2. The lowest BCUT2D eigenvalue weighted by Crippen LogP contribution is -2.54. The minimum Gasteiger partial charge on any atom is -0.368 e. The van der Waals surface area contributed by atoms with E-state index < -0.39 is 17.8 Å². The Hall–Kier alpha value is -2.74. The lowest BCUT2D eigenvalue weighted by Gasteiger charge is -2.37. The first kappa shape index (κ1) is 22.0. The van der Waals surface area contributed by atoms with Crippen molar-refractivity contribution in [3.8, 4) is 0 Å². The van der Waals surface area contributed by atoms with E-state index in [1.165, 1.54) is 6.07 Å². The summed E-state index contributed by atoms with van der Waals surface area (Å²) in [7, 11) is 0. The van der Waals surface area contributed by atoms with E-state index in [1.54, 1.807) is 42.2 Å². The van der Waals surface area contributed by atoms with E-state index in [9.17, 15) is 22.8 Å². The van der Waals surface area contributed by atoms with Crippen molar-refractivity contribution in [2.45, 2.75) is 19.1 Å². The van der Waals surface area contributed by atoms with Gasteiger partial charge in [-0.3, -0.25) is 9.59 Å². The first-order valence-corrected chi connectivity index (χ1v) is 9.80. The van der Waals surface area contributed by atoms with Crippen LogP contribution in [0.15, 0.2) is 48.5 Å². The fourth-order valence-corrected chi connectivity index (χ4v) is 3.41. The number of carbonyl (C=O) groups excluding carboxylic acids is 2. The highest BCUT2D eigenvalue weighted by atomic mass is 35.5. The van der Waals surface area contributed by atoms with Crippen molar-refractivity contribution in [1.29, 1.82) is 0 Å². The monoisotopic (exact) mass is 439 g/mol. The zero-order valence-electron chi connectivity index (χ0n) is 16.2. The Balaban J connectivity index is 1.56. The number of alkyl halides is 3. The second kappa shape index (κ2) is 8.95. The van der Waals surface area contributed by atoms with Gasteiger partial charge in [-0.2, -0.15) is 13.2 Å². The summed E-state index contributed by atoms with van der Waals surface area (Å²) < 4.78 is 38.8. The molecule has 1 aliphatic rings. The number of carbonyl (C=O) groups is 2. The predicted octanol–water partition coefficient (Wildman–Crippen LogP) is 3.83. The molecule has 1 heterocycles. The van der Waals surface area contributed by atoms with Crippen LogP contribution in [-0.4, -0.2) is 48.9 Å². The summed E-state index contributed by atoms with van der Waals surface area (Å²) in [6, 6.07) is 10.8. The summed E-state index contributed by atoms with van der Waals surface area (Å²) in [5, 5.41) is 3.18. The second-order valence-electron chi connectivity index (χ2n) is 7.06. The molecule has 2 aromatic rings. The molecule has 1 N–H and O–H groups in total. The van der Waals surface area contributed by atoms with Gasteiger partial charge in [-0.25, -0.2) is 0 Å². The molecule has 3 rings (SSSR count). The zero-order valence-corrected chi connectivity index (χ0v) is 17.0. The van der Waals surface area contributed by atoms with Gasteiger partial charge in [0.1, 0.15) is 6.04 Å². The van der Waals surface area contributed by atoms with Gasteiger partial charge in [0.15, 0.2) is 0 Å². The summed E-state index contributed by atoms with van der Waals surface area (Å²) in [4.78, 5) is 28.4. The molecule has 1 saturated heterocycles. The third-order valence-corrected chi connectivity index (χ3v) is 5.21. The minimum absolute atomic E-state index is 0.235. The number of rotatable bonds is 4. The van der Waals surface area contributed by atoms with E-state index in [1.807, 2.05) is 4.90 Å². The summed E-state index contributed by atoms with van der Waals surface area (Å²) in [6.07, 6.45) is -4.40. The standard InChI is InChI=1S/C21H21ClF3N3O2/c1-14(26-19(29)15-5-7-17(22)8-6-15)20(30)28-11-9-27(10-12-28)18-4-2-3-16(13-18)21(23,24)25/h2-8,13-14H,9-12H2,1H3,(H,26,29). The van der Waals surface area contributed by atoms with E-state index in [2.05, 4.69) is 5.32 Å². The van der Waals surface area contributed by atoms with Crippen LogP contribution in [-0.2, 0) is 11.0 Å². The maximum absolute atomic E-state index is 12.9. The number of nitrogens with one attached hydrogen (secondary N) is 1. The molecule has 30 heavy (non-hydrogen) atoms. The van der Waals surface area contributed by atoms with Crippen molar-refractivity contribution in [1.82, 2.24) is 10.2 Å². The van der Waals surface area contributed by atoms with Gasteiger partial charge in [0.2, 0.25) is 5.91 Å². The zero-order chi connectivity index (χ0) is 21.9. The first-order chi connectivity index (χ1) is 14.1. The topological polar surface area (TPSA) is 52.7 Å². The van der Waals surface area contributed by atoms with Crippen LogP contribution in [0.2, 0.25) is 5.02 Å². The van der Waals surface area contributed by atoms with E-state index >= 15 is 0 Å². The van der Waals surface area contributed by atoms with Crippen molar-refractivity contribution in [3.63, 3.8) is 0 Å². The fraction of sp³-hybridized carbons (Fsp3) is 0.333. The maximum atomic E-state index is 12.9. The number of amides is 2. The molecule has 0 aromatic heterocycles. The van der Waals surface area contributed by atoms with Crippen LogP contribution in [0.1, 0.15) is 22.8 Å². The number of halogens is 4. The molecule has 1 atom stereocenters. The molecule has 0 saturated carbocycles. The van der Waals surface area contributed by atoms with Gasteiger partial charge in [0, 0.05) is 42.5 Å². The molecule has 2 aromatic carbocycles. The Morgan fingerprint density at radius 1 is 1.03 bits per heavy atom. The lowest BCUT2D eigenvalue weighted by atomic mass is 10.1. The molecular formula is C21H21ClF3N3O2. The molecule has 0 radical (unpaired) electrons. The van der Waals surface area contributed by atoms with Crippen LogP contribution in [0.5, 0.6) is 0 Å². The van der Waals surface area contributed by atoms with Crippen molar-refractivity contribution in [2.24, 2.45) is 0 Å². The Labute approximate surface area is 177 Å². The molecular weight excluding hydrogens is 419 g/mol. The van der Waals surface area contributed by atoms with E-state index in [0.717, 1.165) is 12.1 Å². The average Bonchev–Trinajstić information content (AvgIpc) is 2.73. The minimum atomic E-state index is -4.40. The number of anilines is 1. The molecule has 2 amide bonds. The van der Waals surface area contributed by atoms with Gasteiger partial charge < -0.3 is 15.1 Å². The van der Waals surface area contributed by atoms with Crippen LogP contribution in [0.25, 0.3) is 0 Å². The summed E-state index contributed by atoms with van der Waals surface area (Å²) in [5.74, 6) is -0.615. The highest BCUT2D eigenvalue weighted by Gasteiger charge is 2.31. The third-order valence-electron chi connectivity index (χ3n) is 4.95. The molecule has 1 aliphatic heterocycles. The first-order valence-electron chi connectivity index (χ1n) is 9.42. The van der Waals surface area contributed by atoms with E-state index in [-0.39, 0.29) is 11.8 Å². The average molecular weight is 440 g/mol. The van der Waals surface area contributed by atoms with Crippen LogP contribution < -0.4 is 10.2 Å². The van der Waals surface area contributed by atoms with Crippen molar-refractivity contribution in [2.75, 3.05) is 31.1 Å². The Morgan fingerprint density at radius 2 is 1.67 bits per heavy atom. The number of benzene rings is 2. The Kier molecular flexibility index (Phi) is 6.55. The van der Waals surface area contributed by atoms with Crippen LogP contribution in [0.4, 0.5) is 18.9 Å². The van der Waals surface area contributed by atoms with Crippen LogP contribution >= 0.6 is 11.6 Å². The Morgan fingerprint density at radius 3 is 2.27 bits per heavy atom. The van der Waals surface area contributed by atoms with Gasteiger partial charge in [0.25, 0.3) is 5.91 Å². The highest BCUT2D eigenvalue weighted by Crippen LogP contribution is 2.31. The maximum Gasteiger partial charge on any atom is 0.416 e. The third kappa shape index (κ3) is 5.24. The van der Waals surface area contributed by atoms with Crippen molar-refractivity contribution >= 4 is 29.1 Å². The van der Waals surface area contributed by atoms with Crippen LogP contribution in [0.3, 0.4) is 0 Å². The molecule has 0 spiro atoms. The smallest absolute Gasteiger partial charge is 0.368 e. The number of piperazine rings is 1. The summed E-state index contributed by atoms with van der Waals surface area (Å²) in [6.45, 7) is 3.14. The second-order valence-corrected chi connectivity index (χ2v) is 7.50. The SMILES string of the molecule is CC(NC(=O)c1ccc(Cl)cc1)C(=O)N1CCN(c2cccc(C(F)(F)F)c2)CC1. The van der Waals surface area contributed by atoms with Crippen molar-refractivity contribution < 1.29 is 22.8 Å². The normalized spacial score (nSPS) is 15.6. The molecule has 5 nitrogen and oxygen atoms in total. The summed E-state index contributed by atoms with van der Waals surface area (Å²) >= 11 is 5.81. The largest absolute Gasteiger partial charge is 0.416 e. The molecule has 1 unspecified atom stereocenters. The van der Waals surface area contributed by atoms with Gasteiger partial charge in [-0.15, -0.1) is 0 Å². The molecule has 0 aliphatic carbocycles. The predicted molar refractivity (Wildman–Crippen MR) is 109 cm³/mol. The Bertz CT molecular complexity index is 910. The number of hydrogen-bond acceptors (Lipinski definition) is 3. The summed E-state index contributed by atoms with van der Waals surface area (Å²) in [5.41, 5.74) is 0.173.